The van der Waals surface area contributed by atoms with Crippen LogP contribution in [0.3, 0.4) is 0 Å². The molecule has 1 unspecified atom stereocenters. The Labute approximate surface area is 108 Å². The van der Waals surface area contributed by atoms with Crippen LogP contribution in [0.1, 0.15) is 50.0 Å². The maximum atomic E-state index is 11.6. The van der Waals surface area contributed by atoms with Gasteiger partial charge in [-0.3, -0.25) is 4.79 Å². The first-order valence-electron chi connectivity index (χ1n) is 6.77. The summed E-state index contributed by atoms with van der Waals surface area (Å²) in [6, 6.07) is 7.38. The summed E-state index contributed by atoms with van der Waals surface area (Å²) in [6.07, 6.45) is 6.75. The predicted molar refractivity (Wildman–Crippen MR) is 72.4 cm³/mol. The van der Waals surface area contributed by atoms with Crippen LogP contribution in [-0.2, 0) is 4.79 Å². The normalized spacial score (nSPS) is 19.1. The Morgan fingerprint density at radius 3 is 2.33 bits per heavy atom. The summed E-state index contributed by atoms with van der Waals surface area (Å²) < 4.78 is 0. The van der Waals surface area contributed by atoms with Gasteiger partial charge in [0.05, 0.1) is 5.92 Å². The van der Waals surface area contributed by atoms with Crippen molar-refractivity contribution in [2.75, 3.05) is 5.73 Å². The Kier molecular flexibility index (Phi) is 4.24. The molecule has 1 aromatic rings. The first-order valence-corrected chi connectivity index (χ1v) is 6.77. The van der Waals surface area contributed by atoms with Crippen LogP contribution in [0.25, 0.3) is 0 Å². The number of rotatable bonds is 3. The minimum Gasteiger partial charge on any atom is -0.481 e. The lowest BCUT2D eigenvalue weighted by atomic mass is 9.81. The van der Waals surface area contributed by atoms with Crippen LogP contribution in [0.5, 0.6) is 0 Å². The second-order valence-corrected chi connectivity index (χ2v) is 5.20. The summed E-state index contributed by atoms with van der Waals surface area (Å²) in [7, 11) is 0. The molecule has 1 aliphatic rings. The number of anilines is 1. The molecule has 3 nitrogen and oxygen atoms in total. The highest BCUT2D eigenvalue weighted by atomic mass is 16.4. The zero-order valence-electron chi connectivity index (χ0n) is 10.6. The SMILES string of the molecule is Nc1ccccc1C(C(=O)O)C1CCCCCC1. The van der Waals surface area contributed by atoms with E-state index in [2.05, 4.69) is 0 Å². The van der Waals surface area contributed by atoms with Crippen LogP contribution in [0.2, 0.25) is 0 Å². The molecule has 98 valence electrons. The van der Waals surface area contributed by atoms with Crippen molar-refractivity contribution in [2.24, 2.45) is 5.92 Å². The molecule has 0 aromatic heterocycles. The number of hydrogen-bond acceptors (Lipinski definition) is 2. The summed E-state index contributed by atoms with van der Waals surface area (Å²) in [5, 5.41) is 9.54. The van der Waals surface area contributed by atoms with Crippen molar-refractivity contribution in [3.63, 3.8) is 0 Å². The van der Waals surface area contributed by atoms with E-state index in [9.17, 15) is 9.90 Å². The quantitative estimate of drug-likeness (QED) is 0.635. The molecule has 1 saturated carbocycles. The lowest BCUT2D eigenvalue weighted by Crippen LogP contribution is -2.22. The molecule has 3 N–H and O–H groups in total. The topological polar surface area (TPSA) is 63.3 Å². The molecule has 18 heavy (non-hydrogen) atoms. The molecule has 0 bridgehead atoms. The van der Waals surface area contributed by atoms with Gasteiger partial charge in [-0.25, -0.2) is 0 Å². The van der Waals surface area contributed by atoms with Gasteiger partial charge in [-0.15, -0.1) is 0 Å². The van der Waals surface area contributed by atoms with Crippen molar-refractivity contribution in [1.82, 2.24) is 0 Å². The molecule has 1 fully saturated rings. The van der Waals surface area contributed by atoms with Gasteiger partial charge in [-0.1, -0.05) is 43.9 Å². The van der Waals surface area contributed by atoms with Crippen LogP contribution >= 0.6 is 0 Å². The Balaban J connectivity index is 2.27. The molecule has 0 heterocycles. The average Bonchev–Trinajstić information content (AvgIpc) is 2.60. The van der Waals surface area contributed by atoms with Crippen molar-refractivity contribution in [3.05, 3.63) is 29.8 Å². The number of hydrogen-bond donors (Lipinski definition) is 2. The molecule has 1 aromatic carbocycles. The zero-order valence-corrected chi connectivity index (χ0v) is 10.6. The van der Waals surface area contributed by atoms with Gasteiger partial charge in [0.2, 0.25) is 0 Å². The average molecular weight is 247 g/mol. The standard InChI is InChI=1S/C15H21NO2/c16-13-10-6-5-9-12(13)14(15(17)18)11-7-3-1-2-4-8-11/h5-6,9-11,14H,1-4,7-8,16H2,(H,17,18). The number of para-hydroxylation sites is 1. The summed E-state index contributed by atoms with van der Waals surface area (Å²) in [5.41, 5.74) is 7.34. The number of carboxylic acids is 1. The summed E-state index contributed by atoms with van der Waals surface area (Å²) in [4.78, 5) is 11.6. The van der Waals surface area contributed by atoms with Crippen molar-refractivity contribution in [3.8, 4) is 0 Å². The first-order chi connectivity index (χ1) is 8.70. The highest BCUT2D eigenvalue weighted by molar-refractivity contribution is 5.79. The van der Waals surface area contributed by atoms with E-state index in [-0.39, 0.29) is 5.92 Å². The molecule has 0 spiro atoms. The van der Waals surface area contributed by atoms with Crippen molar-refractivity contribution < 1.29 is 9.90 Å². The third kappa shape index (κ3) is 2.84. The highest BCUT2D eigenvalue weighted by Crippen LogP contribution is 2.37. The Morgan fingerprint density at radius 1 is 1.17 bits per heavy atom. The van der Waals surface area contributed by atoms with Gasteiger partial charge in [0.25, 0.3) is 0 Å². The van der Waals surface area contributed by atoms with Gasteiger partial charge in [0.15, 0.2) is 0 Å². The predicted octanol–water partition coefficient (Wildman–Crippen LogP) is 3.41. The van der Waals surface area contributed by atoms with E-state index in [4.69, 9.17) is 5.73 Å². The van der Waals surface area contributed by atoms with Crippen LogP contribution in [-0.4, -0.2) is 11.1 Å². The van der Waals surface area contributed by atoms with Gasteiger partial charge in [0, 0.05) is 5.69 Å². The summed E-state index contributed by atoms with van der Waals surface area (Å²) >= 11 is 0. The van der Waals surface area contributed by atoms with Gasteiger partial charge in [0.1, 0.15) is 0 Å². The van der Waals surface area contributed by atoms with Crippen LogP contribution in [0, 0.1) is 5.92 Å². The number of aliphatic carboxylic acids is 1. The second-order valence-electron chi connectivity index (χ2n) is 5.20. The maximum absolute atomic E-state index is 11.6. The Hall–Kier alpha value is -1.51. The highest BCUT2D eigenvalue weighted by Gasteiger charge is 2.31. The van der Waals surface area contributed by atoms with E-state index >= 15 is 0 Å². The second kappa shape index (κ2) is 5.89. The van der Waals surface area contributed by atoms with Gasteiger partial charge in [-0.2, -0.15) is 0 Å². The fourth-order valence-corrected chi connectivity index (χ4v) is 3.03. The number of benzene rings is 1. The monoisotopic (exact) mass is 247 g/mol. The molecule has 3 heteroatoms. The number of carboxylic acid groups (broad SMARTS) is 1. The van der Waals surface area contributed by atoms with Crippen molar-refractivity contribution in [1.29, 1.82) is 0 Å². The van der Waals surface area contributed by atoms with Crippen molar-refractivity contribution in [2.45, 2.75) is 44.4 Å². The fourth-order valence-electron chi connectivity index (χ4n) is 3.03. The van der Waals surface area contributed by atoms with Crippen LogP contribution < -0.4 is 5.73 Å². The third-order valence-corrected chi connectivity index (χ3v) is 3.97. The van der Waals surface area contributed by atoms with Gasteiger partial charge < -0.3 is 10.8 Å². The molecule has 0 radical (unpaired) electrons. The first kappa shape index (κ1) is 12.9. The minimum atomic E-state index is -0.736. The van der Waals surface area contributed by atoms with Crippen molar-refractivity contribution >= 4 is 11.7 Å². The maximum Gasteiger partial charge on any atom is 0.311 e. The van der Waals surface area contributed by atoms with E-state index in [1.807, 2.05) is 18.2 Å². The van der Waals surface area contributed by atoms with E-state index in [0.717, 1.165) is 31.2 Å². The molecule has 0 aliphatic heterocycles. The minimum absolute atomic E-state index is 0.231. The lowest BCUT2D eigenvalue weighted by molar-refractivity contribution is -0.140. The number of carbonyl (C=O) groups is 1. The van der Waals surface area contributed by atoms with Crippen LogP contribution in [0.15, 0.2) is 24.3 Å². The van der Waals surface area contributed by atoms with E-state index in [1.165, 1.54) is 12.8 Å². The Morgan fingerprint density at radius 2 is 1.78 bits per heavy atom. The molecular formula is C15H21NO2. The summed E-state index contributed by atoms with van der Waals surface area (Å²) in [5.74, 6) is -0.946. The zero-order chi connectivity index (χ0) is 13.0. The van der Waals surface area contributed by atoms with Gasteiger partial charge >= 0.3 is 5.97 Å². The molecule has 1 aliphatic carbocycles. The van der Waals surface area contributed by atoms with Crippen LogP contribution in [0.4, 0.5) is 5.69 Å². The molecule has 0 amide bonds. The Bertz CT molecular complexity index is 409. The van der Waals surface area contributed by atoms with E-state index in [0.29, 0.717) is 5.69 Å². The molecule has 0 saturated heterocycles. The van der Waals surface area contributed by atoms with Gasteiger partial charge in [-0.05, 0) is 30.4 Å². The molecular weight excluding hydrogens is 226 g/mol. The number of nitrogen functional groups attached to an aromatic ring is 1. The molecule has 1 atom stereocenters. The molecule has 2 rings (SSSR count). The summed E-state index contributed by atoms with van der Waals surface area (Å²) in [6.45, 7) is 0. The smallest absolute Gasteiger partial charge is 0.311 e. The largest absolute Gasteiger partial charge is 0.481 e. The third-order valence-electron chi connectivity index (χ3n) is 3.97. The number of nitrogens with two attached hydrogens (primary N) is 1. The van der Waals surface area contributed by atoms with E-state index in [1.54, 1.807) is 6.07 Å². The fraction of sp³-hybridized carbons (Fsp3) is 0.533. The lowest BCUT2D eigenvalue weighted by Gasteiger charge is -2.24. The van der Waals surface area contributed by atoms with E-state index < -0.39 is 11.9 Å².